The van der Waals surface area contributed by atoms with Crippen molar-refractivity contribution in [1.29, 1.82) is 0 Å². The van der Waals surface area contributed by atoms with Crippen molar-refractivity contribution in [3.05, 3.63) is 18.1 Å². The van der Waals surface area contributed by atoms with Crippen LogP contribution in [0.1, 0.15) is 32.1 Å². The van der Waals surface area contributed by atoms with Crippen LogP contribution >= 0.6 is 0 Å². The van der Waals surface area contributed by atoms with Crippen molar-refractivity contribution in [2.75, 3.05) is 7.11 Å². The third-order valence-corrected chi connectivity index (χ3v) is 3.14. The zero-order chi connectivity index (χ0) is 11.1. The molecule has 1 saturated carbocycles. The Labute approximate surface area is 89.3 Å². The smallest absolute Gasteiger partial charge is 0.238 e. The molecule has 1 aromatic heterocycles. The number of hydrogen-bond acceptors (Lipinski definition) is 4. The first kappa shape index (κ1) is 10.4. The van der Waals surface area contributed by atoms with Crippen molar-refractivity contribution in [2.45, 2.75) is 26.4 Å². The molecule has 1 aliphatic rings. The lowest BCUT2D eigenvalue weighted by Gasteiger charge is -2.13. The van der Waals surface area contributed by atoms with Gasteiger partial charge in [0, 0.05) is 12.4 Å². The maximum atomic E-state index is 10.1. The van der Waals surface area contributed by atoms with E-state index in [1.165, 1.54) is 7.11 Å². The molecule has 1 N–H and O–H groups in total. The van der Waals surface area contributed by atoms with Crippen molar-refractivity contribution in [2.24, 2.45) is 11.3 Å². The van der Waals surface area contributed by atoms with E-state index in [2.05, 4.69) is 23.8 Å². The van der Waals surface area contributed by atoms with Crippen LogP contribution in [0.3, 0.4) is 0 Å². The van der Waals surface area contributed by atoms with Crippen molar-refractivity contribution in [3.63, 3.8) is 0 Å². The highest BCUT2D eigenvalue weighted by Gasteiger charge is 2.51. The molecule has 2 unspecified atom stereocenters. The minimum absolute atomic E-state index is 0.210. The molecule has 15 heavy (non-hydrogen) atoms. The molecular weight excluding hydrogens is 192 g/mol. The molecule has 0 bridgehead atoms. The lowest BCUT2D eigenvalue weighted by molar-refractivity contribution is 0.129. The molecule has 0 amide bonds. The molecule has 2 atom stereocenters. The molecule has 0 aromatic carbocycles. The Morgan fingerprint density at radius 3 is 2.60 bits per heavy atom. The molecule has 0 spiro atoms. The average molecular weight is 208 g/mol. The third kappa shape index (κ3) is 1.81. The monoisotopic (exact) mass is 208 g/mol. The summed E-state index contributed by atoms with van der Waals surface area (Å²) in [6, 6.07) is 0. The standard InChI is InChI=1S/C11H16N2O2/c1-11(2)6-7(11)9(14)8-10(15-3)13-5-4-12-8/h4-5,7,9,14H,6H2,1-3H3. The second kappa shape index (κ2) is 3.45. The number of hydrogen-bond donors (Lipinski definition) is 1. The van der Waals surface area contributed by atoms with E-state index in [0.717, 1.165) is 6.42 Å². The summed E-state index contributed by atoms with van der Waals surface area (Å²) in [5.41, 5.74) is 0.762. The van der Waals surface area contributed by atoms with Crippen molar-refractivity contribution in [1.82, 2.24) is 9.97 Å². The number of aliphatic hydroxyl groups excluding tert-OH is 1. The summed E-state index contributed by atoms with van der Waals surface area (Å²) in [5, 5.41) is 10.1. The van der Waals surface area contributed by atoms with Crippen LogP contribution in [0.25, 0.3) is 0 Å². The minimum atomic E-state index is -0.566. The van der Waals surface area contributed by atoms with Crippen LogP contribution < -0.4 is 4.74 Å². The van der Waals surface area contributed by atoms with Crippen LogP contribution in [-0.4, -0.2) is 22.2 Å². The molecule has 1 fully saturated rings. The van der Waals surface area contributed by atoms with Gasteiger partial charge in [-0.3, -0.25) is 4.98 Å². The molecule has 4 nitrogen and oxygen atoms in total. The second-order valence-electron chi connectivity index (χ2n) is 4.69. The fourth-order valence-corrected chi connectivity index (χ4v) is 1.93. The van der Waals surface area contributed by atoms with Crippen LogP contribution in [0.2, 0.25) is 0 Å². The summed E-state index contributed by atoms with van der Waals surface area (Å²) < 4.78 is 5.08. The first-order valence-corrected chi connectivity index (χ1v) is 5.09. The fraction of sp³-hybridized carbons (Fsp3) is 0.636. The number of nitrogens with zero attached hydrogens (tertiary/aromatic N) is 2. The van der Waals surface area contributed by atoms with Crippen LogP contribution in [0.4, 0.5) is 0 Å². The Hall–Kier alpha value is -1.16. The van der Waals surface area contributed by atoms with Crippen LogP contribution in [0.15, 0.2) is 12.4 Å². The number of rotatable bonds is 3. The number of aliphatic hydroxyl groups is 1. The van der Waals surface area contributed by atoms with Gasteiger partial charge in [0.15, 0.2) is 0 Å². The molecule has 1 heterocycles. The second-order valence-corrected chi connectivity index (χ2v) is 4.69. The Morgan fingerprint density at radius 1 is 1.47 bits per heavy atom. The zero-order valence-electron chi connectivity index (χ0n) is 9.27. The summed E-state index contributed by atoms with van der Waals surface area (Å²) >= 11 is 0. The molecule has 4 heteroatoms. The Bertz CT molecular complexity index is 365. The van der Waals surface area contributed by atoms with Crippen LogP contribution in [0.5, 0.6) is 5.88 Å². The summed E-state index contributed by atoms with van der Waals surface area (Å²) in [6.07, 6.45) is 3.60. The molecule has 0 aliphatic heterocycles. The minimum Gasteiger partial charge on any atom is -0.480 e. The fourth-order valence-electron chi connectivity index (χ4n) is 1.93. The predicted molar refractivity (Wildman–Crippen MR) is 55.4 cm³/mol. The van der Waals surface area contributed by atoms with Crippen LogP contribution in [0, 0.1) is 11.3 Å². The lowest BCUT2D eigenvalue weighted by Crippen LogP contribution is -2.09. The molecular formula is C11H16N2O2. The van der Waals surface area contributed by atoms with E-state index in [-0.39, 0.29) is 11.3 Å². The quantitative estimate of drug-likeness (QED) is 0.819. The van der Waals surface area contributed by atoms with Gasteiger partial charge in [-0.15, -0.1) is 0 Å². The number of aromatic nitrogens is 2. The molecule has 1 aliphatic carbocycles. The van der Waals surface area contributed by atoms with E-state index < -0.39 is 6.10 Å². The largest absolute Gasteiger partial charge is 0.480 e. The van der Waals surface area contributed by atoms with Gasteiger partial charge in [0.25, 0.3) is 0 Å². The summed E-state index contributed by atoms with van der Waals surface area (Å²) in [7, 11) is 1.54. The zero-order valence-corrected chi connectivity index (χ0v) is 9.27. The van der Waals surface area contributed by atoms with Gasteiger partial charge < -0.3 is 9.84 Å². The average Bonchev–Trinajstić information content (AvgIpc) is 2.86. The first-order chi connectivity index (χ1) is 7.06. The molecule has 2 rings (SSSR count). The summed E-state index contributed by atoms with van der Waals surface area (Å²) in [6.45, 7) is 4.29. The van der Waals surface area contributed by atoms with Gasteiger partial charge in [0.2, 0.25) is 5.88 Å². The van der Waals surface area contributed by atoms with E-state index in [0.29, 0.717) is 11.6 Å². The Morgan fingerprint density at radius 2 is 2.07 bits per heavy atom. The molecule has 1 aromatic rings. The third-order valence-electron chi connectivity index (χ3n) is 3.14. The lowest BCUT2D eigenvalue weighted by atomic mass is 10.0. The summed E-state index contributed by atoms with van der Waals surface area (Å²) in [4.78, 5) is 8.17. The maximum absolute atomic E-state index is 10.1. The van der Waals surface area contributed by atoms with Gasteiger partial charge in [-0.25, -0.2) is 4.98 Å². The molecule has 82 valence electrons. The maximum Gasteiger partial charge on any atom is 0.238 e. The number of methoxy groups -OCH3 is 1. The normalized spacial score (nSPS) is 24.7. The Kier molecular flexibility index (Phi) is 2.38. The highest BCUT2D eigenvalue weighted by atomic mass is 16.5. The van der Waals surface area contributed by atoms with E-state index in [9.17, 15) is 5.11 Å². The van der Waals surface area contributed by atoms with Gasteiger partial charge in [0.1, 0.15) is 11.8 Å². The van der Waals surface area contributed by atoms with Gasteiger partial charge >= 0.3 is 0 Å². The molecule has 0 saturated heterocycles. The van der Waals surface area contributed by atoms with Crippen molar-refractivity contribution < 1.29 is 9.84 Å². The van der Waals surface area contributed by atoms with Gasteiger partial charge in [-0.2, -0.15) is 0 Å². The van der Waals surface area contributed by atoms with Crippen LogP contribution in [-0.2, 0) is 0 Å². The highest BCUT2D eigenvalue weighted by Crippen LogP contribution is 2.58. The van der Waals surface area contributed by atoms with Gasteiger partial charge in [-0.1, -0.05) is 13.8 Å². The van der Waals surface area contributed by atoms with E-state index in [1.54, 1.807) is 12.4 Å². The SMILES string of the molecule is COc1nccnc1C(O)C1CC1(C)C. The van der Waals surface area contributed by atoms with Gasteiger partial charge in [0.05, 0.1) is 7.11 Å². The Balaban J connectivity index is 2.22. The topological polar surface area (TPSA) is 55.2 Å². The van der Waals surface area contributed by atoms with Gasteiger partial charge in [-0.05, 0) is 17.8 Å². The summed E-state index contributed by atoms with van der Waals surface area (Å²) in [5.74, 6) is 0.691. The highest BCUT2D eigenvalue weighted by molar-refractivity contribution is 5.23. The molecule has 0 radical (unpaired) electrons. The predicted octanol–water partition coefficient (Wildman–Crippen LogP) is 1.56. The van der Waals surface area contributed by atoms with Crippen molar-refractivity contribution in [3.8, 4) is 5.88 Å². The first-order valence-electron chi connectivity index (χ1n) is 5.09. The van der Waals surface area contributed by atoms with E-state index in [1.807, 2.05) is 0 Å². The number of ether oxygens (including phenoxy) is 1. The van der Waals surface area contributed by atoms with E-state index >= 15 is 0 Å². The van der Waals surface area contributed by atoms with Crippen molar-refractivity contribution >= 4 is 0 Å². The van der Waals surface area contributed by atoms with E-state index in [4.69, 9.17) is 4.74 Å².